The van der Waals surface area contributed by atoms with Gasteiger partial charge in [0.05, 0.1) is 18.7 Å². The zero-order valence-electron chi connectivity index (χ0n) is 19.2. The van der Waals surface area contributed by atoms with Crippen molar-refractivity contribution in [1.29, 1.82) is 0 Å². The fourth-order valence-corrected chi connectivity index (χ4v) is 3.92. The molecule has 34 heavy (non-hydrogen) atoms. The smallest absolute Gasteiger partial charge is 0.262 e. The van der Waals surface area contributed by atoms with Gasteiger partial charge in [-0.25, -0.2) is 0 Å². The summed E-state index contributed by atoms with van der Waals surface area (Å²) in [6.07, 6.45) is 1.70. The van der Waals surface area contributed by atoms with Gasteiger partial charge in [-0.05, 0) is 61.4 Å². The number of anilines is 2. The lowest BCUT2D eigenvalue weighted by Crippen LogP contribution is -2.32. The molecule has 1 atom stereocenters. The summed E-state index contributed by atoms with van der Waals surface area (Å²) in [4.78, 5) is 38.8. The van der Waals surface area contributed by atoms with Crippen molar-refractivity contribution in [3.8, 4) is 5.75 Å². The summed E-state index contributed by atoms with van der Waals surface area (Å²) >= 11 is 0. The second kappa shape index (κ2) is 10.2. The maximum absolute atomic E-state index is 12.5. The van der Waals surface area contributed by atoms with E-state index in [1.54, 1.807) is 47.6 Å². The topological polar surface area (TPSA) is 101 Å². The molecule has 2 heterocycles. The molecule has 2 aromatic carbocycles. The molecule has 0 radical (unpaired) electrons. The molecule has 1 aromatic heterocycles. The molecular formula is C26H27N3O5. The normalized spacial score (nSPS) is 15.3. The monoisotopic (exact) mass is 461 g/mol. The van der Waals surface area contributed by atoms with E-state index >= 15 is 0 Å². The molecule has 0 spiro atoms. The molecule has 1 fully saturated rings. The minimum atomic E-state index is -0.424. The number of benzene rings is 2. The fraction of sp³-hybridized carbons (Fsp3) is 0.269. The quantitative estimate of drug-likeness (QED) is 0.534. The SMILES string of the molecule is Cc1cccc(C)c1NC(=O)COc1ccc(N2C[C@@H](C(=O)NCc3ccco3)CC2=O)cc1. The highest BCUT2D eigenvalue weighted by molar-refractivity contribution is 6.00. The van der Waals surface area contributed by atoms with Crippen LogP contribution in [0.5, 0.6) is 5.75 Å². The lowest BCUT2D eigenvalue weighted by atomic mass is 10.1. The molecule has 8 heteroatoms. The predicted octanol–water partition coefficient (Wildman–Crippen LogP) is 3.58. The van der Waals surface area contributed by atoms with E-state index in [9.17, 15) is 14.4 Å². The minimum Gasteiger partial charge on any atom is -0.484 e. The summed E-state index contributed by atoms with van der Waals surface area (Å²) in [5, 5.41) is 5.70. The van der Waals surface area contributed by atoms with Crippen LogP contribution in [0, 0.1) is 19.8 Å². The first kappa shape index (κ1) is 23.1. The van der Waals surface area contributed by atoms with Gasteiger partial charge in [-0.15, -0.1) is 0 Å². The van der Waals surface area contributed by atoms with Gasteiger partial charge in [0.25, 0.3) is 5.91 Å². The number of hydrogen-bond donors (Lipinski definition) is 2. The van der Waals surface area contributed by atoms with Crippen molar-refractivity contribution in [2.45, 2.75) is 26.8 Å². The van der Waals surface area contributed by atoms with Crippen molar-refractivity contribution in [3.05, 3.63) is 77.7 Å². The van der Waals surface area contributed by atoms with Crippen molar-refractivity contribution in [2.24, 2.45) is 5.92 Å². The number of amides is 3. The molecule has 8 nitrogen and oxygen atoms in total. The van der Waals surface area contributed by atoms with E-state index in [0.29, 0.717) is 30.3 Å². The molecule has 176 valence electrons. The summed E-state index contributed by atoms with van der Waals surface area (Å²) in [6.45, 7) is 4.35. The largest absolute Gasteiger partial charge is 0.484 e. The molecule has 2 N–H and O–H groups in total. The van der Waals surface area contributed by atoms with Gasteiger partial charge in [0.2, 0.25) is 11.8 Å². The third kappa shape index (κ3) is 5.46. The molecule has 1 saturated heterocycles. The standard InChI is InChI=1S/C26H27N3O5/c1-17-5-3-6-18(2)25(17)28-23(30)16-34-21-10-8-20(9-11-21)29-15-19(13-24(29)31)26(32)27-14-22-7-4-12-33-22/h3-12,19H,13-16H2,1-2H3,(H,27,32)(H,28,30)/t19-/m0/s1. The Bertz CT molecular complexity index is 1150. The van der Waals surface area contributed by atoms with Crippen LogP contribution in [-0.4, -0.2) is 30.9 Å². The minimum absolute atomic E-state index is 0.111. The lowest BCUT2D eigenvalue weighted by molar-refractivity contribution is -0.126. The second-order valence-electron chi connectivity index (χ2n) is 8.30. The zero-order chi connectivity index (χ0) is 24.1. The van der Waals surface area contributed by atoms with E-state index in [2.05, 4.69) is 10.6 Å². The van der Waals surface area contributed by atoms with Crippen LogP contribution >= 0.6 is 0 Å². The molecule has 0 bridgehead atoms. The Kier molecular flexibility index (Phi) is 6.96. The number of para-hydroxylation sites is 1. The Morgan fingerprint density at radius 1 is 1.06 bits per heavy atom. The number of carbonyl (C=O) groups excluding carboxylic acids is 3. The van der Waals surface area contributed by atoms with Gasteiger partial charge in [0.15, 0.2) is 6.61 Å². The highest BCUT2D eigenvalue weighted by atomic mass is 16.5. The Morgan fingerprint density at radius 3 is 2.47 bits per heavy atom. The average molecular weight is 462 g/mol. The Morgan fingerprint density at radius 2 is 1.79 bits per heavy atom. The van der Waals surface area contributed by atoms with Crippen molar-refractivity contribution >= 4 is 29.1 Å². The summed E-state index contributed by atoms with van der Waals surface area (Å²) in [6, 6.07) is 16.3. The molecule has 3 amide bonds. The van der Waals surface area contributed by atoms with Crippen LogP contribution in [0.1, 0.15) is 23.3 Å². The number of furan rings is 1. The molecule has 1 aliphatic rings. The highest BCUT2D eigenvalue weighted by Crippen LogP contribution is 2.27. The van der Waals surface area contributed by atoms with Gasteiger partial charge < -0.3 is 24.7 Å². The van der Waals surface area contributed by atoms with E-state index in [-0.39, 0.29) is 30.7 Å². The van der Waals surface area contributed by atoms with E-state index < -0.39 is 5.92 Å². The first-order valence-electron chi connectivity index (χ1n) is 11.1. The van der Waals surface area contributed by atoms with E-state index in [4.69, 9.17) is 9.15 Å². The van der Waals surface area contributed by atoms with Crippen molar-refractivity contribution in [3.63, 3.8) is 0 Å². The van der Waals surface area contributed by atoms with Gasteiger partial charge >= 0.3 is 0 Å². The number of nitrogens with one attached hydrogen (secondary N) is 2. The lowest BCUT2D eigenvalue weighted by Gasteiger charge is -2.17. The first-order valence-corrected chi connectivity index (χ1v) is 11.1. The number of rotatable bonds is 8. The van der Waals surface area contributed by atoms with Crippen LogP contribution in [0.15, 0.2) is 65.3 Å². The van der Waals surface area contributed by atoms with Crippen molar-refractivity contribution in [2.75, 3.05) is 23.4 Å². The van der Waals surface area contributed by atoms with Crippen LogP contribution in [0.3, 0.4) is 0 Å². The highest BCUT2D eigenvalue weighted by Gasteiger charge is 2.35. The summed E-state index contributed by atoms with van der Waals surface area (Å²) in [5.74, 6) is 0.209. The maximum Gasteiger partial charge on any atom is 0.262 e. The molecule has 4 rings (SSSR count). The second-order valence-corrected chi connectivity index (χ2v) is 8.30. The van der Waals surface area contributed by atoms with Crippen molar-refractivity contribution in [1.82, 2.24) is 5.32 Å². The van der Waals surface area contributed by atoms with Gasteiger partial charge in [-0.3, -0.25) is 14.4 Å². The molecular weight excluding hydrogens is 434 g/mol. The molecule has 0 saturated carbocycles. The number of nitrogens with zero attached hydrogens (tertiary/aromatic N) is 1. The van der Waals surface area contributed by atoms with Crippen LogP contribution in [-0.2, 0) is 20.9 Å². The third-order valence-electron chi connectivity index (χ3n) is 5.78. The van der Waals surface area contributed by atoms with Crippen LogP contribution < -0.4 is 20.3 Å². The molecule has 3 aromatic rings. The van der Waals surface area contributed by atoms with Gasteiger partial charge in [0.1, 0.15) is 11.5 Å². The van der Waals surface area contributed by atoms with Gasteiger partial charge in [-0.1, -0.05) is 18.2 Å². The van der Waals surface area contributed by atoms with E-state index in [1.165, 1.54) is 0 Å². The number of carbonyl (C=O) groups is 3. The van der Waals surface area contributed by atoms with Gasteiger partial charge in [-0.2, -0.15) is 0 Å². The average Bonchev–Trinajstić information content (AvgIpc) is 3.49. The molecule has 0 aliphatic carbocycles. The zero-order valence-corrected chi connectivity index (χ0v) is 19.2. The van der Waals surface area contributed by atoms with Crippen LogP contribution in [0.2, 0.25) is 0 Å². The summed E-state index contributed by atoms with van der Waals surface area (Å²) in [5.41, 5.74) is 3.45. The van der Waals surface area contributed by atoms with Crippen LogP contribution in [0.4, 0.5) is 11.4 Å². The molecule has 1 aliphatic heterocycles. The predicted molar refractivity (Wildman–Crippen MR) is 127 cm³/mol. The number of hydrogen-bond acceptors (Lipinski definition) is 5. The van der Waals surface area contributed by atoms with E-state index in [0.717, 1.165) is 16.8 Å². The summed E-state index contributed by atoms with van der Waals surface area (Å²) in [7, 11) is 0. The molecule has 0 unspecified atom stereocenters. The summed E-state index contributed by atoms with van der Waals surface area (Å²) < 4.78 is 10.8. The number of ether oxygens (including phenoxy) is 1. The Hall–Kier alpha value is -4.07. The van der Waals surface area contributed by atoms with E-state index in [1.807, 2.05) is 32.0 Å². The fourth-order valence-electron chi connectivity index (χ4n) is 3.92. The van der Waals surface area contributed by atoms with Crippen molar-refractivity contribution < 1.29 is 23.5 Å². The van der Waals surface area contributed by atoms with Gasteiger partial charge in [0, 0.05) is 24.3 Å². The van der Waals surface area contributed by atoms with Crippen LogP contribution in [0.25, 0.3) is 0 Å². The number of aryl methyl sites for hydroxylation is 2. The Labute approximate surface area is 197 Å². The maximum atomic E-state index is 12.5. The first-order chi connectivity index (χ1) is 16.4. The third-order valence-corrected chi connectivity index (χ3v) is 5.78. The Balaban J connectivity index is 1.28.